The van der Waals surface area contributed by atoms with E-state index in [0.29, 0.717) is 18.8 Å². The molecule has 2 rings (SSSR count). The van der Waals surface area contributed by atoms with Crippen molar-refractivity contribution < 1.29 is 14.8 Å². The van der Waals surface area contributed by atoms with Crippen LogP contribution in [0.4, 0.5) is 5.69 Å². The number of benzene rings is 1. The summed E-state index contributed by atoms with van der Waals surface area (Å²) in [6, 6.07) is 3.54. The predicted octanol–water partition coefficient (Wildman–Crippen LogP) is 1.73. The van der Waals surface area contributed by atoms with Gasteiger partial charge >= 0.3 is 0 Å². The molecule has 1 fully saturated rings. The molecule has 6 nitrogen and oxygen atoms in total. The summed E-state index contributed by atoms with van der Waals surface area (Å²) in [5.74, 6) is 0.150. The number of phenols is 1. The van der Waals surface area contributed by atoms with Crippen molar-refractivity contribution in [2.45, 2.75) is 18.9 Å². The zero-order valence-corrected chi connectivity index (χ0v) is 9.91. The topological polar surface area (TPSA) is 98.6 Å². The number of phenolic OH excluding ortho intramolecular Hbond substituents is 1. The van der Waals surface area contributed by atoms with Gasteiger partial charge in [-0.3, -0.25) is 10.1 Å². The minimum atomic E-state index is -0.464. The van der Waals surface area contributed by atoms with Crippen molar-refractivity contribution >= 4 is 5.69 Å². The van der Waals surface area contributed by atoms with Crippen LogP contribution in [0.25, 0.3) is 0 Å². The Morgan fingerprint density at radius 3 is 2.72 bits per heavy atom. The van der Waals surface area contributed by atoms with E-state index in [1.165, 1.54) is 18.2 Å². The number of nitro benzene ring substituents is 1. The fourth-order valence-corrected chi connectivity index (χ4v) is 2.30. The third kappa shape index (κ3) is 2.60. The third-order valence-corrected chi connectivity index (χ3v) is 3.34. The van der Waals surface area contributed by atoms with Gasteiger partial charge in [-0.15, -0.1) is 0 Å². The third-order valence-electron chi connectivity index (χ3n) is 3.34. The summed E-state index contributed by atoms with van der Waals surface area (Å²) in [5, 5.41) is 20.4. The van der Waals surface area contributed by atoms with Crippen molar-refractivity contribution in [3.63, 3.8) is 0 Å². The van der Waals surface area contributed by atoms with Crippen LogP contribution in [0.15, 0.2) is 18.2 Å². The van der Waals surface area contributed by atoms with Crippen LogP contribution in [0, 0.1) is 16.0 Å². The van der Waals surface area contributed by atoms with Gasteiger partial charge in [-0.25, -0.2) is 0 Å². The lowest BCUT2D eigenvalue weighted by Crippen LogP contribution is -2.28. The average molecular weight is 252 g/mol. The smallest absolute Gasteiger partial charge is 0.274 e. The van der Waals surface area contributed by atoms with Crippen LogP contribution < -0.4 is 5.73 Å². The Balaban J connectivity index is 2.30. The van der Waals surface area contributed by atoms with Gasteiger partial charge in [0.1, 0.15) is 5.75 Å². The van der Waals surface area contributed by atoms with Crippen LogP contribution in [0.5, 0.6) is 5.75 Å². The Kier molecular flexibility index (Phi) is 3.78. The molecule has 0 saturated carbocycles. The molecular weight excluding hydrogens is 236 g/mol. The lowest BCUT2D eigenvalue weighted by Gasteiger charge is -2.27. The first-order valence-corrected chi connectivity index (χ1v) is 5.90. The molecule has 0 bridgehead atoms. The predicted molar refractivity (Wildman–Crippen MR) is 65.2 cm³/mol. The normalized spacial score (nSPS) is 18.5. The summed E-state index contributed by atoms with van der Waals surface area (Å²) < 4.78 is 5.25. The van der Waals surface area contributed by atoms with Crippen LogP contribution in [-0.2, 0) is 4.74 Å². The van der Waals surface area contributed by atoms with E-state index in [-0.39, 0.29) is 17.4 Å². The van der Waals surface area contributed by atoms with Gasteiger partial charge in [0.2, 0.25) is 0 Å². The van der Waals surface area contributed by atoms with Crippen LogP contribution in [-0.4, -0.2) is 23.2 Å². The first-order valence-electron chi connectivity index (χ1n) is 5.90. The highest BCUT2D eigenvalue weighted by atomic mass is 16.6. The zero-order chi connectivity index (χ0) is 13.1. The first-order chi connectivity index (χ1) is 8.59. The van der Waals surface area contributed by atoms with Crippen molar-refractivity contribution in [3.05, 3.63) is 33.9 Å². The molecule has 1 heterocycles. The van der Waals surface area contributed by atoms with E-state index in [4.69, 9.17) is 10.5 Å². The quantitative estimate of drug-likeness (QED) is 0.630. The van der Waals surface area contributed by atoms with E-state index in [2.05, 4.69) is 0 Å². The van der Waals surface area contributed by atoms with Crippen LogP contribution in [0.2, 0.25) is 0 Å². The van der Waals surface area contributed by atoms with Crippen molar-refractivity contribution in [2.75, 3.05) is 13.2 Å². The lowest BCUT2D eigenvalue weighted by molar-refractivity contribution is -0.385. The number of hydrogen-bond donors (Lipinski definition) is 2. The molecule has 0 unspecified atom stereocenters. The number of nitro groups is 1. The molecule has 1 aromatic carbocycles. The molecular formula is C12H16N2O4. The summed E-state index contributed by atoms with van der Waals surface area (Å²) >= 11 is 0. The van der Waals surface area contributed by atoms with Crippen LogP contribution in [0.1, 0.15) is 24.4 Å². The van der Waals surface area contributed by atoms with Crippen molar-refractivity contribution in [1.82, 2.24) is 0 Å². The molecule has 0 amide bonds. The molecule has 18 heavy (non-hydrogen) atoms. The molecule has 1 aromatic rings. The second kappa shape index (κ2) is 5.32. The second-order valence-electron chi connectivity index (χ2n) is 4.48. The van der Waals surface area contributed by atoms with Gasteiger partial charge in [0.15, 0.2) is 0 Å². The van der Waals surface area contributed by atoms with Gasteiger partial charge < -0.3 is 15.6 Å². The van der Waals surface area contributed by atoms with Crippen molar-refractivity contribution in [1.29, 1.82) is 0 Å². The highest BCUT2D eigenvalue weighted by Gasteiger charge is 2.28. The first kappa shape index (κ1) is 12.8. The number of nitrogens with zero attached hydrogens (tertiary/aromatic N) is 1. The Morgan fingerprint density at radius 1 is 1.44 bits per heavy atom. The van der Waals surface area contributed by atoms with E-state index >= 15 is 0 Å². The Bertz CT molecular complexity index is 444. The van der Waals surface area contributed by atoms with E-state index in [9.17, 15) is 15.2 Å². The molecule has 1 atom stereocenters. The molecule has 1 aliphatic heterocycles. The van der Waals surface area contributed by atoms with Crippen molar-refractivity contribution in [3.8, 4) is 5.75 Å². The van der Waals surface area contributed by atoms with Gasteiger partial charge in [0.05, 0.1) is 10.5 Å². The minimum absolute atomic E-state index is 0.00175. The molecule has 0 aliphatic carbocycles. The molecule has 3 N–H and O–H groups in total. The molecule has 98 valence electrons. The number of nitrogens with two attached hydrogens (primary N) is 1. The van der Waals surface area contributed by atoms with Gasteiger partial charge in [-0.2, -0.15) is 0 Å². The van der Waals surface area contributed by atoms with E-state index in [1.54, 1.807) is 0 Å². The summed E-state index contributed by atoms with van der Waals surface area (Å²) in [6.07, 6.45) is 1.57. The second-order valence-corrected chi connectivity index (χ2v) is 4.48. The highest BCUT2D eigenvalue weighted by molar-refractivity contribution is 5.46. The highest BCUT2D eigenvalue weighted by Crippen LogP contribution is 2.34. The van der Waals surface area contributed by atoms with Crippen LogP contribution >= 0.6 is 0 Å². The Labute approximate surface area is 105 Å². The summed E-state index contributed by atoms with van der Waals surface area (Å²) in [4.78, 5) is 10.5. The van der Waals surface area contributed by atoms with E-state index in [1.807, 2.05) is 0 Å². The molecule has 0 radical (unpaired) electrons. The van der Waals surface area contributed by atoms with Gasteiger partial charge in [0.25, 0.3) is 5.69 Å². The SMILES string of the molecule is N[C@@H](c1cc(O)ccc1[N+](=O)[O-])C1CCOCC1. The molecule has 6 heteroatoms. The Hall–Kier alpha value is -1.66. The molecule has 1 saturated heterocycles. The monoisotopic (exact) mass is 252 g/mol. The Morgan fingerprint density at radius 2 is 2.11 bits per heavy atom. The fourth-order valence-electron chi connectivity index (χ4n) is 2.30. The van der Waals surface area contributed by atoms with Gasteiger partial charge in [-0.05, 0) is 30.9 Å². The standard InChI is InChI=1S/C12H16N2O4/c13-12(8-3-5-18-6-4-8)10-7-9(15)1-2-11(10)14(16)17/h1-2,7-8,12,15H,3-6,13H2/t12-/m1/s1. The lowest BCUT2D eigenvalue weighted by atomic mass is 9.87. The maximum Gasteiger partial charge on any atom is 0.274 e. The van der Waals surface area contributed by atoms with Gasteiger partial charge in [-0.1, -0.05) is 0 Å². The zero-order valence-electron chi connectivity index (χ0n) is 9.91. The summed E-state index contributed by atoms with van der Waals surface area (Å²) in [6.45, 7) is 1.26. The molecule has 1 aliphatic rings. The molecule has 0 spiro atoms. The minimum Gasteiger partial charge on any atom is -0.508 e. The molecule has 0 aromatic heterocycles. The number of hydrogen-bond acceptors (Lipinski definition) is 5. The summed E-state index contributed by atoms with van der Waals surface area (Å²) in [7, 11) is 0. The maximum absolute atomic E-state index is 11.0. The van der Waals surface area contributed by atoms with Gasteiger partial charge in [0, 0.05) is 25.3 Å². The van der Waals surface area contributed by atoms with Crippen LogP contribution in [0.3, 0.4) is 0 Å². The largest absolute Gasteiger partial charge is 0.508 e. The number of ether oxygens (including phenoxy) is 1. The fraction of sp³-hybridized carbons (Fsp3) is 0.500. The van der Waals surface area contributed by atoms with Crippen molar-refractivity contribution in [2.24, 2.45) is 11.7 Å². The van der Waals surface area contributed by atoms with E-state index in [0.717, 1.165) is 12.8 Å². The maximum atomic E-state index is 11.0. The number of aromatic hydroxyl groups is 1. The number of rotatable bonds is 3. The average Bonchev–Trinajstić information content (AvgIpc) is 2.38. The summed E-state index contributed by atoms with van der Waals surface area (Å²) in [5.41, 5.74) is 6.47. The van der Waals surface area contributed by atoms with E-state index < -0.39 is 11.0 Å².